The van der Waals surface area contributed by atoms with Crippen molar-refractivity contribution in [2.45, 2.75) is 17.1 Å². The highest BCUT2D eigenvalue weighted by Crippen LogP contribution is 2.30. The van der Waals surface area contributed by atoms with Gasteiger partial charge in [-0.05, 0) is 40.9 Å². The summed E-state index contributed by atoms with van der Waals surface area (Å²) in [5.41, 5.74) is 5.23. The number of halogens is 1. The maximum Gasteiger partial charge on any atom is 0.252 e. The van der Waals surface area contributed by atoms with Crippen molar-refractivity contribution in [3.05, 3.63) is 15.9 Å². The van der Waals surface area contributed by atoms with Gasteiger partial charge in [0.15, 0.2) is 0 Å². The Labute approximate surface area is 118 Å². The standard InChI is InChI=1S/C10H13BrN2O3S2/c11-8-1-2-9(17-8)18(15,16)13-5-3-7(4-6-13)10(12)14/h1-2,7H,3-6H2,(H2,12,14). The fourth-order valence-corrected chi connectivity index (χ4v) is 5.58. The van der Waals surface area contributed by atoms with Crippen LogP contribution in [0.4, 0.5) is 0 Å². The molecule has 5 nitrogen and oxygen atoms in total. The van der Waals surface area contributed by atoms with Crippen molar-refractivity contribution in [3.63, 3.8) is 0 Å². The number of carbonyl (C=O) groups excluding carboxylic acids is 1. The predicted octanol–water partition coefficient (Wildman–Crippen LogP) is 1.40. The summed E-state index contributed by atoms with van der Waals surface area (Å²) in [7, 11) is -3.42. The molecule has 1 aliphatic rings. The zero-order valence-electron chi connectivity index (χ0n) is 9.50. The lowest BCUT2D eigenvalue weighted by molar-refractivity contribution is -0.122. The first-order valence-corrected chi connectivity index (χ1v) is 8.51. The predicted molar refractivity (Wildman–Crippen MR) is 72.7 cm³/mol. The minimum atomic E-state index is -3.42. The molecular formula is C10H13BrN2O3S2. The normalized spacial score (nSPS) is 18.9. The van der Waals surface area contributed by atoms with Crippen LogP contribution in [0.25, 0.3) is 0 Å². The fraction of sp³-hybridized carbons (Fsp3) is 0.500. The lowest BCUT2D eigenvalue weighted by atomic mass is 9.98. The highest BCUT2D eigenvalue weighted by Gasteiger charge is 2.31. The molecule has 1 amide bonds. The molecule has 0 spiro atoms. The lowest BCUT2D eigenvalue weighted by Crippen LogP contribution is -2.41. The molecule has 0 atom stereocenters. The summed E-state index contributed by atoms with van der Waals surface area (Å²) in [4.78, 5) is 11.0. The molecule has 0 bridgehead atoms. The van der Waals surface area contributed by atoms with E-state index >= 15 is 0 Å². The van der Waals surface area contributed by atoms with Gasteiger partial charge < -0.3 is 5.73 Å². The second kappa shape index (κ2) is 5.28. The minimum absolute atomic E-state index is 0.202. The second-order valence-electron chi connectivity index (χ2n) is 4.14. The minimum Gasteiger partial charge on any atom is -0.369 e. The molecule has 8 heteroatoms. The first-order chi connectivity index (χ1) is 8.41. The third kappa shape index (κ3) is 2.76. The van der Waals surface area contributed by atoms with E-state index in [2.05, 4.69) is 15.9 Å². The molecule has 0 aromatic carbocycles. The van der Waals surface area contributed by atoms with E-state index in [-0.39, 0.29) is 11.8 Å². The van der Waals surface area contributed by atoms with Crippen molar-refractivity contribution in [3.8, 4) is 0 Å². The van der Waals surface area contributed by atoms with Gasteiger partial charge in [0, 0.05) is 19.0 Å². The van der Waals surface area contributed by atoms with Crippen molar-refractivity contribution in [1.82, 2.24) is 4.31 Å². The summed E-state index contributed by atoms with van der Waals surface area (Å²) in [6.07, 6.45) is 1.00. The van der Waals surface area contributed by atoms with Gasteiger partial charge in [0.05, 0.1) is 3.79 Å². The monoisotopic (exact) mass is 352 g/mol. The van der Waals surface area contributed by atoms with Crippen LogP contribution in [0.3, 0.4) is 0 Å². The van der Waals surface area contributed by atoms with Crippen LogP contribution in [0.5, 0.6) is 0 Å². The van der Waals surface area contributed by atoms with Crippen molar-refractivity contribution in [2.24, 2.45) is 11.7 Å². The highest BCUT2D eigenvalue weighted by molar-refractivity contribution is 9.11. The summed E-state index contributed by atoms with van der Waals surface area (Å²) < 4.78 is 27.1. The Hall–Kier alpha value is -0.440. The molecule has 1 aromatic heterocycles. The Bertz CT molecular complexity index is 547. The third-order valence-corrected chi connectivity index (χ3v) is 6.99. The largest absolute Gasteiger partial charge is 0.369 e. The number of nitrogens with zero attached hydrogens (tertiary/aromatic N) is 1. The van der Waals surface area contributed by atoms with Crippen LogP contribution >= 0.6 is 27.3 Å². The highest BCUT2D eigenvalue weighted by atomic mass is 79.9. The Morgan fingerprint density at radius 1 is 1.39 bits per heavy atom. The third-order valence-electron chi connectivity index (χ3n) is 3.00. The van der Waals surface area contributed by atoms with E-state index in [1.807, 2.05) is 0 Å². The molecule has 0 radical (unpaired) electrons. The molecular weight excluding hydrogens is 340 g/mol. The number of nitrogens with two attached hydrogens (primary N) is 1. The van der Waals surface area contributed by atoms with E-state index in [4.69, 9.17) is 5.73 Å². The van der Waals surface area contributed by atoms with Gasteiger partial charge in [-0.2, -0.15) is 4.31 Å². The zero-order valence-corrected chi connectivity index (χ0v) is 12.7. The molecule has 1 aromatic rings. The van der Waals surface area contributed by atoms with E-state index < -0.39 is 10.0 Å². The average Bonchev–Trinajstić information content (AvgIpc) is 2.76. The summed E-state index contributed by atoms with van der Waals surface area (Å²) in [6.45, 7) is 0.705. The first kappa shape index (κ1) is 14.0. The Balaban J connectivity index is 2.12. The Morgan fingerprint density at radius 3 is 2.44 bits per heavy atom. The van der Waals surface area contributed by atoms with Crippen LogP contribution in [0.15, 0.2) is 20.1 Å². The molecule has 2 heterocycles. The van der Waals surface area contributed by atoms with E-state index in [0.29, 0.717) is 30.1 Å². The molecule has 0 aliphatic carbocycles. The van der Waals surface area contributed by atoms with Gasteiger partial charge in [-0.3, -0.25) is 4.79 Å². The smallest absolute Gasteiger partial charge is 0.252 e. The number of primary amides is 1. The second-order valence-corrected chi connectivity index (χ2v) is 8.77. The number of rotatable bonds is 3. The van der Waals surface area contributed by atoms with Crippen LogP contribution in [-0.2, 0) is 14.8 Å². The molecule has 1 aliphatic heterocycles. The molecule has 0 unspecified atom stereocenters. The zero-order chi connectivity index (χ0) is 13.3. The van der Waals surface area contributed by atoms with Crippen molar-refractivity contribution in [1.29, 1.82) is 0 Å². The molecule has 18 heavy (non-hydrogen) atoms. The SMILES string of the molecule is NC(=O)C1CCN(S(=O)(=O)c2ccc(Br)s2)CC1. The number of carbonyl (C=O) groups is 1. The van der Waals surface area contributed by atoms with Gasteiger partial charge in [0.2, 0.25) is 5.91 Å². The van der Waals surface area contributed by atoms with Gasteiger partial charge in [-0.1, -0.05) is 0 Å². The van der Waals surface area contributed by atoms with Crippen molar-refractivity contribution < 1.29 is 13.2 Å². The van der Waals surface area contributed by atoms with Gasteiger partial charge in [-0.25, -0.2) is 8.42 Å². The van der Waals surface area contributed by atoms with Crippen LogP contribution in [-0.4, -0.2) is 31.7 Å². The van der Waals surface area contributed by atoms with E-state index in [9.17, 15) is 13.2 Å². The molecule has 2 rings (SSSR count). The van der Waals surface area contributed by atoms with Gasteiger partial charge in [-0.15, -0.1) is 11.3 Å². The molecule has 2 N–H and O–H groups in total. The van der Waals surface area contributed by atoms with E-state index in [0.717, 1.165) is 3.79 Å². The van der Waals surface area contributed by atoms with Gasteiger partial charge in [0.25, 0.3) is 10.0 Å². The number of hydrogen-bond acceptors (Lipinski definition) is 4. The lowest BCUT2D eigenvalue weighted by Gasteiger charge is -2.29. The Kier molecular flexibility index (Phi) is 4.10. The number of hydrogen-bond donors (Lipinski definition) is 1. The van der Waals surface area contributed by atoms with E-state index in [1.54, 1.807) is 12.1 Å². The first-order valence-electron chi connectivity index (χ1n) is 5.46. The van der Waals surface area contributed by atoms with E-state index in [1.165, 1.54) is 15.6 Å². The topological polar surface area (TPSA) is 80.5 Å². The average molecular weight is 353 g/mol. The molecule has 100 valence electrons. The summed E-state index contributed by atoms with van der Waals surface area (Å²) in [6, 6.07) is 3.30. The summed E-state index contributed by atoms with van der Waals surface area (Å²) in [5, 5.41) is 0. The van der Waals surface area contributed by atoms with Crippen LogP contribution in [0, 0.1) is 5.92 Å². The number of amides is 1. The fourth-order valence-electron chi connectivity index (χ4n) is 1.94. The number of thiophene rings is 1. The Morgan fingerprint density at radius 2 is 2.00 bits per heavy atom. The van der Waals surface area contributed by atoms with Crippen LogP contribution in [0.2, 0.25) is 0 Å². The van der Waals surface area contributed by atoms with Crippen molar-refractivity contribution in [2.75, 3.05) is 13.1 Å². The number of sulfonamides is 1. The van der Waals surface area contributed by atoms with Crippen molar-refractivity contribution >= 4 is 43.2 Å². The van der Waals surface area contributed by atoms with Gasteiger partial charge in [0.1, 0.15) is 4.21 Å². The van der Waals surface area contributed by atoms with Gasteiger partial charge >= 0.3 is 0 Å². The number of piperidine rings is 1. The quantitative estimate of drug-likeness (QED) is 0.892. The maximum atomic E-state index is 12.3. The summed E-state index contributed by atoms with van der Waals surface area (Å²) >= 11 is 4.44. The maximum absolute atomic E-state index is 12.3. The molecule has 0 saturated carbocycles. The van der Waals surface area contributed by atoms with Crippen LogP contribution in [0.1, 0.15) is 12.8 Å². The van der Waals surface area contributed by atoms with Crippen LogP contribution < -0.4 is 5.73 Å². The molecule has 1 fully saturated rings. The molecule has 1 saturated heterocycles. The summed E-state index contributed by atoms with van der Waals surface area (Å²) in [5.74, 6) is -0.544.